The second kappa shape index (κ2) is 5.49. The molecule has 1 unspecified atom stereocenters. The molecule has 0 aromatic carbocycles. The van der Waals surface area contributed by atoms with Crippen molar-refractivity contribution >= 4 is 29.2 Å². The van der Waals surface area contributed by atoms with Crippen molar-refractivity contribution in [1.82, 2.24) is 15.6 Å². The van der Waals surface area contributed by atoms with E-state index in [1.54, 1.807) is 6.92 Å². The number of carbonyl (C=O) groups is 2. The van der Waals surface area contributed by atoms with E-state index in [-0.39, 0.29) is 22.4 Å². The predicted molar refractivity (Wildman–Crippen MR) is 64.7 cm³/mol. The third kappa shape index (κ3) is 3.32. The third-order valence-electron chi connectivity index (χ3n) is 2.07. The number of amides is 2. The van der Waals surface area contributed by atoms with Crippen molar-refractivity contribution in [2.24, 2.45) is 0 Å². The number of hydrogen-bond acceptors (Lipinski definition) is 4. The number of halogens is 1. The Bertz CT molecular complexity index is 450. The molecule has 1 atom stereocenters. The van der Waals surface area contributed by atoms with Crippen molar-refractivity contribution in [2.45, 2.75) is 13.0 Å². The molecule has 0 bridgehead atoms. The number of likely N-dealkylation sites (N-methyl/N-ethyl adjacent to an activating group) is 1. The molecule has 0 spiro atoms. The van der Waals surface area contributed by atoms with E-state index in [4.69, 9.17) is 17.3 Å². The molecule has 0 saturated heterocycles. The molecule has 4 N–H and O–H groups in total. The molecule has 1 aromatic heterocycles. The zero-order valence-electron chi connectivity index (χ0n) is 9.45. The third-order valence-corrected chi connectivity index (χ3v) is 2.37. The second-order valence-corrected chi connectivity index (χ2v) is 3.78. The summed E-state index contributed by atoms with van der Waals surface area (Å²) in [6.45, 7) is 1.55. The van der Waals surface area contributed by atoms with Crippen molar-refractivity contribution in [2.75, 3.05) is 12.8 Å². The maximum Gasteiger partial charge on any atom is 0.272 e. The number of aromatic nitrogens is 1. The topological polar surface area (TPSA) is 97.1 Å². The van der Waals surface area contributed by atoms with Gasteiger partial charge in [0.2, 0.25) is 5.91 Å². The first-order valence-corrected chi connectivity index (χ1v) is 5.28. The molecule has 1 aromatic rings. The summed E-state index contributed by atoms with van der Waals surface area (Å²) >= 11 is 5.81. The van der Waals surface area contributed by atoms with Crippen LogP contribution in [0.15, 0.2) is 12.1 Å². The van der Waals surface area contributed by atoms with Crippen LogP contribution in [-0.2, 0) is 4.79 Å². The fourth-order valence-corrected chi connectivity index (χ4v) is 1.35. The van der Waals surface area contributed by atoms with Gasteiger partial charge in [-0.25, -0.2) is 4.98 Å². The van der Waals surface area contributed by atoms with Crippen LogP contribution in [0.25, 0.3) is 0 Å². The Labute approximate surface area is 104 Å². The Kier molecular flexibility index (Phi) is 4.28. The highest BCUT2D eigenvalue weighted by Crippen LogP contribution is 2.15. The lowest BCUT2D eigenvalue weighted by molar-refractivity contribution is -0.122. The summed E-state index contributed by atoms with van der Waals surface area (Å²) in [5.74, 6) is -0.663. The van der Waals surface area contributed by atoms with E-state index < -0.39 is 11.9 Å². The molecule has 0 saturated carbocycles. The lowest BCUT2D eigenvalue weighted by Gasteiger charge is -2.12. The molecular formula is C10H13ClN4O2. The summed E-state index contributed by atoms with van der Waals surface area (Å²) in [5.41, 5.74) is 5.46. The SMILES string of the molecule is CNC(=O)C(C)NC(=O)c1nc(N)ccc1Cl. The van der Waals surface area contributed by atoms with E-state index in [1.165, 1.54) is 19.2 Å². The molecule has 2 amide bonds. The van der Waals surface area contributed by atoms with Crippen LogP contribution >= 0.6 is 11.6 Å². The largest absolute Gasteiger partial charge is 0.384 e. The minimum Gasteiger partial charge on any atom is -0.384 e. The number of hydrogen-bond donors (Lipinski definition) is 3. The van der Waals surface area contributed by atoms with Gasteiger partial charge in [-0.15, -0.1) is 0 Å². The van der Waals surface area contributed by atoms with Gasteiger partial charge in [-0.05, 0) is 19.1 Å². The van der Waals surface area contributed by atoms with Crippen molar-refractivity contribution in [1.29, 1.82) is 0 Å². The lowest BCUT2D eigenvalue weighted by Crippen LogP contribution is -2.43. The Morgan fingerprint density at radius 3 is 2.71 bits per heavy atom. The van der Waals surface area contributed by atoms with Gasteiger partial charge >= 0.3 is 0 Å². The lowest BCUT2D eigenvalue weighted by atomic mass is 10.2. The Morgan fingerprint density at radius 2 is 2.12 bits per heavy atom. The molecular weight excluding hydrogens is 244 g/mol. The molecule has 17 heavy (non-hydrogen) atoms. The molecule has 0 fully saturated rings. The maximum atomic E-state index is 11.8. The van der Waals surface area contributed by atoms with Gasteiger partial charge in [-0.2, -0.15) is 0 Å². The van der Waals surface area contributed by atoms with Gasteiger partial charge in [-0.3, -0.25) is 9.59 Å². The molecule has 0 radical (unpaired) electrons. The van der Waals surface area contributed by atoms with E-state index in [0.29, 0.717) is 0 Å². The number of nitrogens with one attached hydrogen (secondary N) is 2. The summed E-state index contributed by atoms with van der Waals surface area (Å²) in [6, 6.07) is 2.29. The molecule has 92 valence electrons. The molecule has 6 nitrogen and oxygen atoms in total. The van der Waals surface area contributed by atoms with Crippen molar-refractivity contribution < 1.29 is 9.59 Å². The van der Waals surface area contributed by atoms with Gasteiger partial charge in [0.1, 0.15) is 17.6 Å². The second-order valence-electron chi connectivity index (χ2n) is 3.38. The summed E-state index contributed by atoms with van der Waals surface area (Å²) in [6.07, 6.45) is 0. The molecule has 0 aliphatic heterocycles. The number of anilines is 1. The van der Waals surface area contributed by atoms with Crippen LogP contribution < -0.4 is 16.4 Å². The maximum absolute atomic E-state index is 11.8. The van der Waals surface area contributed by atoms with E-state index in [1.807, 2.05) is 0 Å². The summed E-state index contributed by atoms with van der Waals surface area (Å²) in [7, 11) is 1.48. The van der Waals surface area contributed by atoms with E-state index in [9.17, 15) is 9.59 Å². The van der Waals surface area contributed by atoms with Crippen LogP contribution in [0.5, 0.6) is 0 Å². The van der Waals surface area contributed by atoms with E-state index in [0.717, 1.165) is 0 Å². The quantitative estimate of drug-likeness (QED) is 0.719. The number of nitrogens with two attached hydrogens (primary N) is 1. The molecule has 1 rings (SSSR count). The van der Waals surface area contributed by atoms with Crippen molar-refractivity contribution in [3.63, 3.8) is 0 Å². The first-order valence-electron chi connectivity index (χ1n) is 4.90. The normalized spacial score (nSPS) is 11.7. The van der Waals surface area contributed by atoms with Gasteiger partial charge < -0.3 is 16.4 Å². The molecule has 0 aliphatic rings. The van der Waals surface area contributed by atoms with Crippen LogP contribution in [-0.4, -0.2) is 29.9 Å². The first kappa shape index (κ1) is 13.2. The van der Waals surface area contributed by atoms with Gasteiger partial charge in [0.25, 0.3) is 5.91 Å². The minimum absolute atomic E-state index is 0.00224. The molecule has 0 aliphatic carbocycles. The minimum atomic E-state index is -0.674. The van der Waals surface area contributed by atoms with Crippen molar-refractivity contribution in [3.05, 3.63) is 22.8 Å². The van der Waals surface area contributed by atoms with Gasteiger partial charge in [0, 0.05) is 7.05 Å². The summed E-state index contributed by atoms with van der Waals surface area (Å²) in [5, 5.41) is 5.06. The number of pyridine rings is 1. The zero-order chi connectivity index (χ0) is 13.0. The van der Waals surface area contributed by atoms with Crippen LogP contribution in [0.4, 0.5) is 5.82 Å². The average molecular weight is 257 g/mol. The van der Waals surface area contributed by atoms with E-state index >= 15 is 0 Å². The van der Waals surface area contributed by atoms with Crippen LogP contribution in [0.1, 0.15) is 17.4 Å². The van der Waals surface area contributed by atoms with Crippen molar-refractivity contribution in [3.8, 4) is 0 Å². The van der Waals surface area contributed by atoms with Crippen LogP contribution in [0.2, 0.25) is 5.02 Å². The van der Waals surface area contributed by atoms with E-state index in [2.05, 4.69) is 15.6 Å². The molecule has 1 heterocycles. The Hall–Kier alpha value is -1.82. The Morgan fingerprint density at radius 1 is 1.47 bits per heavy atom. The summed E-state index contributed by atoms with van der Waals surface area (Å²) < 4.78 is 0. The first-order chi connectivity index (χ1) is 7.95. The highest BCUT2D eigenvalue weighted by molar-refractivity contribution is 6.33. The fourth-order valence-electron chi connectivity index (χ4n) is 1.16. The highest BCUT2D eigenvalue weighted by Gasteiger charge is 2.18. The van der Waals surface area contributed by atoms with Gasteiger partial charge in [0.15, 0.2) is 0 Å². The smallest absolute Gasteiger partial charge is 0.272 e. The number of nitrogens with zero attached hydrogens (tertiary/aromatic N) is 1. The molecule has 7 heteroatoms. The van der Waals surface area contributed by atoms with Gasteiger partial charge in [-0.1, -0.05) is 11.6 Å². The van der Waals surface area contributed by atoms with Gasteiger partial charge in [0.05, 0.1) is 5.02 Å². The standard InChI is InChI=1S/C10H13ClN4O2/c1-5(9(16)13-2)14-10(17)8-6(11)3-4-7(12)15-8/h3-5H,1-2H3,(H2,12,15)(H,13,16)(H,14,17). The van der Waals surface area contributed by atoms with Crippen LogP contribution in [0.3, 0.4) is 0 Å². The Balaban J connectivity index is 2.83. The summed E-state index contributed by atoms with van der Waals surface area (Å²) in [4.78, 5) is 26.8. The predicted octanol–water partition coefficient (Wildman–Crippen LogP) is 0.181. The highest BCUT2D eigenvalue weighted by atomic mass is 35.5. The fraction of sp³-hybridized carbons (Fsp3) is 0.300. The number of rotatable bonds is 3. The number of carbonyl (C=O) groups excluding carboxylic acids is 2. The number of nitrogen functional groups attached to an aromatic ring is 1. The zero-order valence-corrected chi connectivity index (χ0v) is 10.2. The average Bonchev–Trinajstić information content (AvgIpc) is 2.30. The van der Waals surface area contributed by atoms with Crippen LogP contribution in [0, 0.1) is 0 Å². The monoisotopic (exact) mass is 256 g/mol.